The fourth-order valence-corrected chi connectivity index (χ4v) is 7.16. The summed E-state index contributed by atoms with van der Waals surface area (Å²) >= 11 is 0.633. The first kappa shape index (κ1) is 7.38. The van der Waals surface area contributed by atoms with Gasteiger partial charge in [-0.1, -0.05) is 0 Å². The molecule has 2 bridgehead atoms. The number of fused-ring (bicyclic) bond motifs is 2. The molecular formula is C9H16I-. The zero-order chi connectivity index (χ0) is 6.97. The van der Waals surface area contributed by atoms with Gasteiger partial charge in [-0.15, -0.1) is 0 Å². The monoisotopic (exact) mass is 251 g/mol. The van der Waals surface area contributed by atoms with Crippen molar-refractivity contribution in [3.05, 3.63) is 0 Å². The summed E-state index contributed by atoms with van der Waals surface area (Å²) in [5.74, 6) is 1.19. The summed E-state index contributed by atoms with van der Waals surface area (Å²) in [7, 11) is 0. The third-order valence-electron chi connectivity index (χ3n) is 2.89. The fraction of sp³-hybridized carbons (Fsp3) is 1.00. The summed E-state index contributed by atoms with van der Waals surface area (Å²) in [5.41, 5.74) is 0. The number of rotatable bonds is 1. The van der Waals surface area contributed by atoms with Gasteiger partial charge in [-0.3, -0.25) is 0 Å². The van der Waals surface area contributed by atoms with Gasteiger partial charge < -0.3 is 0 Å². The molecule has 1 heterocycles. The van der Waals surface area contributed by atoms with E-state index in [9.17, 15) is 0 Å². The molecule has 2 aliphatic rings. The topological polar surface area (TPSA) is 0 Å². The first-order valence-corrected chi connectivity index (χ1v) is 7.01. The van der Waals surface area contributed by atoms with Gasteiger partial charge in [0, 0.05) is 0 Å². The van der Waals surface area contributed by atoms with Gasteiger partial charge in [0.05, 0.1) is 0 Å². The predicted octanol–water partition coefficient (Wildman–Crippen LogP) is -0.574. The van der Waals surface area contributed by atoms with E-state index in [-0.39, 0.29) is 0 Å². The molecule has 1 aliphatic carbocycles. The zero-order valence-corrected chi connectivity index (χ0v) is 8.80. The Hall–Kier alpha value is 0.730. The molecule has 0 radical (unpaired) electrons. The van der Waals surface area contributed by atoms with Crippen molar-refractivity contribution >= 4 is 0 Å². The Balaban J connectivity index is 2.01. The van der Waals surface area contributed by atoms with Crippen molar-refractivity contribution < 1.29 is 21.2 Å². The van der Waals surface area contributed by atoms with E-state index < -0.39 is 0 Å². The molecule has 0 aromatic heterocycles. The van der Waals surface area contributed by atoms with Crippen LogP contribution in [-0.2, 0) is 0 Å². The SMILES string of the molecule is CC[C@H]1[I-][C@H]2CCC[C@@H]1C2. The van der Waals surface area contributed by atoms with Crippen molar-refractivity contribution in [3.8, 4) is 0 Å². The molecule has 2 rings (SSSR count). The predicted molar refractivity (Wildman–Crippen MR) is 39.8 cm³/mol. The van der Waals surface area contributed by atoms with Crippen molar-refractivity contribution in [2.24, 2.45) is 5.92 Å². The molecule has 0 aromatic carbocycles. The van der Waals surface area contributed by atoms with Gasteiger partial charge in [0.1, 0.15) is 0 Å². The van der Waals surface area contributed by atoms with E-state index in [0.29, 0.717) is 21.2 Å². The number of hydrogen-bond donors (Lipinski definition) is 0. The Bertz CT molecular complexity index is 122. The second kappa shape index (κ2) is 3.00. The first-order chi connectivity index (χ1) is 4.90. The molecule has 1 saturated heterocycles. The van der Waals surface area contributed by atoms with Crippen LogP contribution in [0.2, 0.25) is 0 Å². The summed E-state index contributed by atoms with van der Waals surface area (Å²) < 4.78 is 2.48. The molecule has 0 amide bonds. The average Bonchev–Trinajstić information content (AvgIpc) is 2.26. The molecule has 10 heavy (non-hydrogen) atoms. The van der Waals surface area contributed by atoms with Gasteiger partial charge in [-0.2, -0.15) is 0 Å². The number of alkyl halides is 2. The van der Waals surface area contributed by atoms with Crippen molar-refractivity contribution in [3.63, 3.8) is 0 Å². The van der Waals surface area contributed by atoms with Crippen LogP contribution < -0.4 is 21.2 Å². The van der Waals surface area contributed by atoms with Crippen molar-refractivity contribution in [2.45, 2.75) is 46.9 Å². The van der Waals surface area contributed by atoms with Gasteiger partial charge in [0.15, 0.2) is 0 Å². The molecule has 0 unspecified atom stereocenters. The molecule has 60 valence electrons. The number of halogens is 1. The molecule has 1 aliphatic heterocycles. The van der Waals surface area contributed by atoms with Gasteiger partial charge in [-0.25, -0.2) is 0 Å². The maximum absolute atomic E-state index is 2.39. The normalized spacial score (nSPS) is 46.7. The second-order valence-corrected chi connectivity index (χ2v) is 7.65. The second-order valence-electron chi connectivity index (χ2n) is 3.57. The van der Waals surface area contributed by atoms with Crippen molar-refractivity contribution in [1.29, 1.82) is 0 Å². The van der Waals surface area contributed by atoms with E-state index in [1.165, 1.54) is 20.2 Å². The third kappa shape index (κ3) is 1.21. The summed E-state index contributed by atoms with van der Waals surface area (Å²) in [6, 6.07) is 0. The van der Waals surface area contributed by atoms with Crippen molar-refractivity contribution in [1.82, 2.24) is 0 Å². The van der Waals surface area contributed by atoms with E-state index >= 15 is 0 Å². The molecule has 1 heteroatoms. The van der Waals surface area contributed by atoms with E-state index in [2.05, 4.69) is 6.92 Å². The van der Waals surface area contributed by atoms with Crippen LogP contribution in [0.4, 0.5) is 0 Å². The standard InChI is InChI=1S/C9H16I/c1-2-9-7-4-3-5-8(6-7)10-9/h7-9H,2-6H2,1H3/q-1/t7-,8+,9-/m1/s1. The van der Waals surface area contributed by atoms with E-state index in [4.69, 9.17) is 0 Å². The van der Waals surface area contributed by atoms with Crippen LogP contribution in [-0.4, -0.2) is 7.85 Å². The van der Waals surface area contributed by atoms with Crippen LogP contribution in [0, 0.1) is 5.92 Å². The van der Waals surface area contributed by atoms with Crippen LogP contribution in [0.5, 0.6) is 0 Å². The fourth-order valence-electron chi connectivity index (χ4n) is 2.36. The van der Waals surface area contributed by atoms with Gasteiger partial charge in [0.25, 0.3) is 0 Å². The van der Waals surface area contributed by atoms with Crippen LogP contribution >= 0.6 is 0 Å². The third-order valence-corrected chi connectivity index (χ3v) is 7.86. The Morgan fingerprint density at radius 2 is 2.30 bits per heavy atom. The van der Waals surface area contributed by atoms with Gasteiger partial charge in [0.2, 0.25) is 0 Å². The maximum atomic E-state index is 2.39. The summed E-state index contributed by atoms with van der Waals surface area (Å²) in [5, 5.41) is 0. The Kier molecular flexibility index (Phi) is 2.21. The molecule has 0 spiro atoms. The summed E-state index contributed by atoms with van der Waals surface area (Å²) in [6.07, 6.45) is 7.86. The van der Waals surface area contributed by atoms with Crippen molar-refractivity contribution in [2.75, 3.05) is 0 Å². The number of hydrogen-bond acceptors (Lipinski definition) is 0. The molecule has 0 aromatic rings. The first-order valence-electron chi connectivity index (χ1n) is 4.52. The summed E-state index contributed by atoms with van der Waals surface area (Å²) in [6.45, 7) is 2.39. The molecule has 0 nitrogen and oxygen atoms in total. The van der Waals surface area contributed by atoms with E-state index in [1.54, 1.807) is 25.7 Å². The van der Waals surface area contributed by atoms with E-state index in [0.717, 1.165) is 0 Å². The van der Waals surface area contributed by atoms with Crippen LogP contribution in [0.25, 0.3) is 0 Å². The molecule has 1 saturated carbocycles. The Labute approximate surface area is 74.0 Å². The van der Waals surface area contributed by atoms with Crippen LogP contribution in [0.3, 0.4) is 0 Å². The van der Waals surface area contributed by atoms with E-state index in [1.807, 2.05) is 0 Å². The molecule has 3 atom stereocenters. The molecule has 0 N–H and O–H groups in total. The quantitative estimate of drug-likeness (QED) is 0.432. The van der Waals surface area contributed by atoms with Crippen LogP contribution in [0.15, 0.2) is 0 Å². The summed E-state index contributed by atoms with van der Waals surface area (Å²) in [4.78, 5) is 0. The van der Waals surface area contributed by atoms with Gasteiger partial charge >= 0.3 is 74.0 Å². The molecule has 2 fully saturated rings. The zero-order valence-electron chi connectivity index (χ0n) is 6.65. The molecular weight excluding hydrogens is 235 g/mol. The minimum absolute atomic E-state index is 0.633. The Morgan fingerprint density at radius 1 is 1.40 bits per heavy atom. The van der Waals surface area contributed by atoms with Gasteiger partial charge in [-0.05, 0) is 0 Å². The Morgan fingerprint density at radius 3 is 3.00 bits per heavy atom. The average molecular weight is 251 g/mol. The van der Waals surface area contributed by atoms with Crippen LogP contribution in [0.1, 0.15) is 39.0 Å². The minimum atomic E-state index is 0.633.